The third-order valence-corrected chi connectivity index (χ3v) is 2.53. The average molecular weight is 241 g/mol. The van der Waals surface area contributed by atoms with Crippen LogP contribution in [0.15, 0.2) is 18.2 Å². The van der Waals surface area contributed by atoms with Crippen molar-refractivity contribution in [2.75, 3.05) is 11.1 Å². The molecule has 0 aliphatic carbocycles. The molecular formula is C12H17ClN2O. The highest BCUT2D eigenvalue weighted by molar-refractivity contribution is 6.31. The highest BCUT2D eigenvalue weighted by Crippen LogP contribution is 2.23. The lowest BCUT2D eigenvalue weighted by molar-refractivity contribution is -0.116. The first-order chi connectivity index (χ1) is 7.63. The molecule has 3 nitrogen and oxygen atoms in total. The molecule has 0 atom stereocenters. The highest BCUT2D eigenvalue weighted by Gasteiger charge is 2.05. The molecule has 0 bridgehead atoms. The summed E-state index contributed by atoms with van der Waals surface area (Å²) in [5.74, 6) is -0.0117. The number of nitrogen functional groups attached to an aromatic ring is 1. The van der Waals surface area contributed by atoms with E-state index in [-0.39, 0.29) is 5.91 Å². The fraction of sp³-hybridized carbons (Fsp3) is 0.417. The second kappa shape index (κ2) is 6.38. The number of hydrogen-bond acceptors (Lipinski definition) is 2. The number of unbranched alkanes of at least 4 members (excludes halogenated alkanes) is 2. The van der Waals surface area contributed by atoms with Crippen LogP contribution in [0.5, 0.6) is 0 Å². The number of halogens is 1. The van der Waals surface area contributed by atoms with E-state index in [0.29, 0.717) is 22.8 Å². The molecule has 0 radical (unpaired) electrons. The molecule has 88 valence electrons. The maximum absolute atomic E-state index is 11.5. The number of amides is 1. The predicted molar refractivity (Wildman–Crippen MR) is 68.6 cm³/mol. The third-order valence-electron chi connectivity index (χ3n) is 2.30. The monoisotopic (exact) mass is 240 g/mol. The van der Waals surface area contributed by atoms with E-state index in [4.69, 9.17) is 17.3 Å². The van der Waals surface area contributed by atoms with Crippen molar-refractivity contribution >= 4 is 28.9 Å². The van der Waals surface area contributed by atoms with E-state index in [0.717, 1.165) is 19.3 Å². The van der Waals surface area contributed by atoms with Crippen LogP contribution in [0.4, 0.5) is 11.4 Å². The maximum Gasteiger partial charge on any atom is 0.224 e. The average Bonchev–Trinajstić information content (AvgIpc) is 2.24. The molecule has 0 aliphatic heterocycles. The van der Waals surface area contributed by atoms with E-state index in [9.17, 15) is 4.79 Å². The van der Waals surface area contributed by atoms with Crippen molar-refractivity contribution in [3.63, 3.8) is 0 Å². The van der Waals surface area contributed by atoms with Gasteiger partial charge < -0.3 is 11.1 Å². The molecule has 0 aromatic heterocycles. The van der Waals surface area contributed by atoms with Gasteiger partial charge in [-0.25, -0.2) is 0 Å². The second-order valence-corrected chi connectivity index (χ2v) is 4.17. The number of anilines is 2. The van der Waals surface area contributed by atoms with Crippen LogP contribution in [-0.2, 0) is 4.79 Å². The van der Waals surface area contributed by atoms with Crippen LogP contribution >= 0.6 is 11.6 Å². The van der Waals surface area contributed by atoms with Gasteiger partial charge in [0.1, 0.15) is 0 Å². The minimum Gasteiger partial charge on any atom is -0.397 e. The molecule has 1 aromatic carbocycles. The number of carbonyl (C=O) groups excluding carboxylic acids is 1. The molecule has 0 heterocycles. The molecule has 0 saturated carbocycles. The molecule has 0 saturated heterocycles. The van der Waals surface area contributed by atoms with E-state index < -0.39 is 0 Å². The van der Waals surface area contributed by atoms with Crippen LogP contribution in [0.3, 0.4) is 0 Å². The molecule has 16 heavy (non-hydrogen) atoms. The standard InChI is InChI=1S/C12H17ClN2O/c1-2-3-4-5-12(16)15-11-8-9(13)6-7-10(11)14/h6-8H,2-5,14H2,1H3,(H,15,16). The number of rotatable bonds is 5. The van der Waals surface area contributed by atoms with Gasteiger partial charge in [-0.05, 0) is 24.6 Å². The summed E-state index contributed by atoms with van der Waals surface area (Å²) in [7, 11) is 0. The molecule has 1 aromatic rings. The van der Waals surface area contributed by atoms with Gasteiger partial charge in [0.05, 0.1) is 11.4 Å². The lowest BCUT2D eigenvalue weighted by Crippen LogP contribution is -2.12. The van der Waals surface area contributed by atoms with Gasteiger partial charge in [-0.1, -0.05) is 31.4 Å². The number of benzene rings is 1. The Morgan fingerprint density at radius 2 is 2.19 bits per heavy atom. The van der Waals surface area contributed by atoms with E-state index in [1.54, 1.807) is 18.2 Å². The maximum atomic E-state index is 11.5. The van der Waals surface area contributed by atoms with E-state index in [1.807, 2.05) is 0 Å². The number of nitrogens with one attached hydrogen (secondary N) is 1. The summed E-state index contributed by atoms with van der Waals surface area (Å²) in [5.41, 5.74) is 6.85. The summed E-state index contributed by atoms with van der Waals surface area (Å²) < 4.78 is 0. The van der Waals surface area contributed by atoms with Crippen LogP contribution in [0.2, 0.25) is 5.02 Å². The van der Waals surface area contributed by atoms with Crippen LogP contribution < -0.4 is 11.1 Å². The number of carbonyl (C=O) groups is 1. The van der Waals surface area contributed by atoms with Gasteiger partial charge in [0, 0.05) is 11.4 Å². The summed E-state index contributed by atoms with van der Waals surface area (Å²) in [6.07, 6.45) is 3.60. The highest BCUT2D eigenvalue weighted by atomic mass is 35.5. The number of nitrogens with two attached hydrogens (primary N) is 1. The first-order valence-electron chi connectivity index (χ1n) is 5.48. The first kappa shape index (κ1) is 12.8. The molecule has 0 fully saturated rings. The summed E-state index contributed by atoms with van der Waals surface area (Å²) in [4.78, 5) is 11.5. The summed E-state index contributed by atoms with van der Waals surface area (Å²) in [5, 5.41) is 3.33. The molecule has 1 amide bonds. The Balaban J connectivity index is 2.52. The molecule has 3 N–H and O–H groups in total. The van der Waals surface area contributed by atoms with Crippen molar-refractivity contribution in [3.8, 4) is 0 Å². The van der Waals surface area contributed by atoms with Crippen LogP contribution in [0.25, 0.3) is 0 Å². The Morgan fingerprint density at radius 3 is 2.88 bits per heavy atom. The van der Waals surface area contributed by atoms with Gasteiger partial charge in [-0.3, -0.25) is 4.79 Å². The minimum atomic E-state index is -0.0117. The van der Waals surface area contributed by atoms with Gasteiger partial charge in [-0.15, -0.1) is 0 Å². The fourth-order valence-corrected chi connectivity index (χ4v) is 1.56. The van der Waals surface area contributed by atoms with Gasteiger partial charge in [0.25, 0.3) is 0 Å². The first-order valence-corrected chi connectivity index (χ1v) is 5.86. The van der Waals surface area contributed by atoms with Crippen molar-refractivity contribution in [1.82, 2.24) is 0 Å². The summed E-state index contributed by atoms with van der Waals surface area (Å²) in [6, 6.07) is 5.04. The van der Waals surface area contributed by atoms with Crippen molar-refractivity contribution in [2.24, 2.45) is 0 Å². The van der Waals surface area contributed by atoms with Crippen molar-refractivity contribution in [3.05, 3.63) is 23.2 Å². The van der Waals surface area contributed by atoms with Gasteiger partial charge in [-0.2, -0.15) is 0 Å². The Bertz CT molecular complexity index is 366. The van der Waals surface area contributed by atoms with E-state index in [1.165, 1.54) is 0 Å². The van der Waals surface area contributed by atoms with Crippen molar-refractivity contribution in [2.45, 2.75) is 32.6 Å². The Morgan fingerprint density at radius 1 is 1.44 bits per heavy atom. The van der Waals surface area contributed by atoms with Gasteiger partial charge in [0.2, 0.25) is 5.91 Å². The molecule has 1 rings (SSSR count). The molecule has 4 heteroatoms. The molecule has 0 spiro atoms. The Kier molecular flexibility index (Phi) is 5.12. The van der Waals surface area contributed by atoms with E-state index in [2.05, 4.69) is 12.2 Å². The quantitative estimate of drug-likeness (QED) is 0.612. The lowest BCUT2D eigenvalue weighted by Gasteiger charge is -2.08. The zero-order valence-corrected chi connectivity index (χ0v) is 10.2. The Labute approximate surface area is 101 Å². The van der Waals surface area contributed by atoms with Crippen LogP contribution in [0, 0.1) is 0 Å². The van der Waals surface area contributed by atoms with Gasteiger partial charge in [0.15, 0.2) is 0 Å². The topological polar surface area (TPSA) is 55.1 Å². The molecular weight excluding hydrogens is 224 g/mol. The fourth-order valence-electron chi connectivity index (χ4n) is 1.39. The number of hydrogen-bond donors (Lipinski definition) is 2. The molecule has 0 unspecified atom stereocenters. The third kappa shape index (κ3) is 4.11. The largest absolute Gasteiger partial charge is 0.397 e. The van der Waals surface area contributed by atoms with E-state index >= 15 is 0 Å². The normalized spacial score (nSPS) is 10.1. The van der Waals surface area contributed by atoms with Crippen molar-refractivity contribution in [1.29, 1.82) is 0 Å². The summed E-state index contributed by atoms with van der Waals surface area (Å²) >= 11 is 5.82. The zero-order chi connectivity index (χ0) is 12.0. The van der Waals surface area contributed by atoms with Crippen LogP contribution in [0.1, 0.15) is 32.6 Å². The minimum absolute atomic E-state index is 0.0117. The SMILES string of the molecule is CCCCCC(=O)Nc1cc(Cl)ccc1N. The molecule has 0 aliphatic rings. The zero-order valence-electron chi connectivity index (χ0n) is 9.42. The summed E-state index contributed by atoms with van der Waals surface area (Å²) in [6.45, 7) is 2.10. The van der Waals surface area contributed by atoms with Gasteiger partial charge >= 0.3 is 0 Å². The second-order valence-electron chi connectivity index (χ2n) is 3.74. The predicted octanol–water partition coefficient (Wildman–Crippen LogP) is 3.44. The smallest absolute Gasteiger partial charge is 0.224 e. The van der Waals surface area contributed by atoms with Crippen molar-refractivity contribution < 1.29 is 4.79 Å². The van der Waals surface area contributed by atoms with Crippen LogP contribution in [-0.4, -0.2) is 5.91 Å². The lowest BCUT2D eigenvalue weighted by atomic mass is 10.2. The Hall–Kier alpha value is -1.22.